The van der Waals surface area contributed by atoms with Gasteiger partial charge in [-0.15, -0.1) is 0 Å². The fourth-order valence-corrected chi connectivity index (χ4v) is 1.69. The fourth-order valence-electron chi connectivity index (χ4n) is 1.33. The van der Waals surface area contributed by atoms with Crippen LogP contribution in [0.25, 0.3) is 11.0 Å². The van der Waals surface area contributed by atoms with Crippen molar-refractivity contribution in [3.05, 3.63) is 34.5 Å². The van der Waals surface area contributed by atoms with E-state index in [-0.39, 0.29) is 0 Å². The molecule has 14 heavy (non-hydrogen) atoms. The molecule has 0 spiro atoms. The zero-order chi connectivity index (χ0) is 10.1. The summed E-state index contributed by atoms with van der Waals surface area (Å²) < 4.78 is 6.22. The summed E-state index contributed by atoms with van der Waals surface area (Å²) in [5, 5.41) is 9.59. The first kappa shape index (κ1) is 9.25. The number of nitrogens with zero attached hydrogens (tertiary/aromatic N) is 1. The van der Waals surface area contributed by atoms with Crippen LogP contribution in [0.5, 0.6) is 0 Å². The van der Waals surface area contributed by atoms with Gasteiger partial charge < -0.3 is 10.2 Å². The maximum Gasteiger partial charge on any atom is 0.134 e. The molecule has 0 saturated heterocycles. The van der Waals surface area contributed by atoms with E-state index in [1.807, 2.05) is 24.3 Å². The molecule has 3 nitrogen and oxygen atoms in total. The Morgan fingerprint density at radius 2 is 2.29 bits per heavy atom. The summed E-state index contributed by atoms with van der Waals surface area (Å²) in [6.45, 7) is 0. The SMILES string of the molecule is N#CC(N)c1coc2ccc(Br)cc12. The lowest BCUT2D eigenvalue weighted by Crippen LogP contribution is -2.05. The number of fused-ring (bicyclic) bond motifs is 1. The van der Waals surface area contributed by atoms with Gasteiger partial charge in [0.1, 0.15) is 11.6 Å². The van der Waals surface area contributed by atoms with Crippen molar-refractivity contribution >= 4 is 26.9 Å². The van der Waals surface area contributed by atoms with Gasteiger partial charge >= 0.3 is 0 Å². The third-order valence-electron chi connectivity index (χ3n) is 2.04. The van der Waals surface area contributed by atoms with Crippen LogP contribution in [-0.2, 0) is 0 Å². The Bertz CT molecular complexity index is 512. The Kier molecular flexibility index (Phi) is 2.28. The minimum atomic E-state index is -0.634. The van der Waals surface area contributed by atoms with E-state index in [4.69, 9.17) is 15.4 Å². The second kappa shape index (κ2) is 3.45. The molecule has 0 aliphatic carbocycles. The molecule has 0 fully saturated rings. The van der Waals surface area contributed by atoms with Crippen molar-refractivity contribution in [3.63, 3.8) is 0 Å². The van der Waals surface area contributed by atoms with Crippen molar-refractivity contribution in [2.75, 3.05) is 0 Å². The van der Waals surface area contributed by atoms with Crippen molar-refractivity contribution in [1.82, 2.24) is 0 Å². The summed E-state index contributed by atoms with van der Waals surface area (Å²) in [5.74, 6) is 0. The van der Waals surface area contributed by atoms with Gasteiger partial charge in [0.05, 0.1) is 12.3 Å². The van der Waals surface area contributed by atoms with Crippen LogP contribution in [0.15, 0.2) is 33.4 Å². The molecule has 0 amide bonds. The molecule has 1 aromatic carbocycles. The molecule has 1 atom stereocenters. The molecule has 2 N–H and O–H groups in total. The quantitative estimate of drug-likeness (QED) is 0.847. The van der Waals surface area contributed by atoms with Crippen molar-refractivity contribution in [2.24, 2.45) is 5.73 Å². The number of nitrogens with two attached hydrogens (primary N) is 1. The lowest BCUT2D eigenvalue weighted by molar-refractivity contribution is 0.608. The number of benzene rings is 1. The smallest absolute Gasteiger partial charge is 0.134 e. The molecule has 0 aliphatic rings. The maximum absolute atomic E-state index is 8.71. The van der Waals surface area contributed by atoms with E-state index >= 15 is 0 Å². The maximum atomic E-state index is 8.71. The number of halogens is 1. The first-order valence-electron chi connectivity index (χ1n) is 4.04. The van der Waals surface area contributed by atoms with Crippen molar-refractivity contribution in [3.8, 4) is 6.07 Å². The van der Waals surface area contributed by atoms with Gasteiger partial charge in [-0.3, -0.25) is 0 Å². The number of hydrogen-bond donors (Lipinski definition) is 1. The minimum Gasteiger partial charge on any atom is -0.464 e. The predicted molar refractivity (Wildman–Crippen MR) is 56.5 cm³/mol. The van der Waals surface area contributed by atoms with E-state index in [0.29, 0.717) is 0 Å². The molecule has 0 bridgehead atoms. The highest BCUT2D eigenvalue weighted by molar-refractivity contribution is 9.10. The standard InChI is InChI=1S/C10H7BrN2O/c11-6-1-2-10-7(3-6)8(5-14-10)9(13)4-12/h1-3,5,9H,13H2. The van der Waals surface area contributed by atoms with Crippen molar-refractivity contribution in [1.29, 1.82) is 5.26 Å². The van der Waals surface area contributed by atoms with Gasteiger partial charge in [0.2, 0.25) is 0 Å². The lowest BCUT2D eigenvalue weighted by atomic mass is 10.1. The molecule has 0 radical (unpaired) electrons. The normalized spacial score (nSPS) is 12.6. The molecule has 0 aliphatic heterocycles. The zero-order valence-electron chi connectivity index (χ0n) is 7.20. The number of rotatable bonds is 1. The van der Waals surface area contributed by atoms with E-state index in [2.05, 4.69) is 15.9 Å². The highest BCUT2D eigenvalue weighted by Gasteiger charge is 2.12. The Morgan fingerprint density at radius 3 is 3.00 bits per heavy atom. The average molecular weight is 251 g/mol. The minimum absolute atomic E-state index is 0.634. The van der Waals surface area contributed by atoms with Crippen LogP contribution in [0.3, 0.4) is 0 Å². The fraction of sp³-hybridized carbons (Fsp3) is 0.100. The largest absolute Gasteiger partial charge is 0.464 e. The molecule has 2 aromatic rings. The highest BCUT2D eigenvalue weighted by atomic mass is 79.9. The summed E-state index contributed by atoms with van der Waals surface area (Å²) in [5.41, 5.74) is 7.09. The molecule has 1 heterocycles. The molecular weight excluding hydrogens is 244 g/mol. The predicted octanol–water partition coefficient (Wildman–Crippen LogP) is 2.72. The highest BCUT2D eigenvalue weighted by Crippen LogP contribution is 2.27. The van der Waals surface area contributed by atoms with Gasteiger partial charge in [0, 0.05) is 15.4 Å². The molecule has 4 heteroatoms. The summed E-state index contributed by atoms with van der Waals surface area (Å²) >= 11 is 3.36. The van der Waals surface area contributed by atoms with Crippen LogP contribution in [0.4, 0.5) is 0 Å². The second-order valence-electron chi connectivity index (χ2n) is 2.94. The summed E-state index contributed by atoms with van der Waals surface area (Å²) in [4.78, 5) is 0. The van der Waals surface area contributed by atoms with Gasteiger partial charge in [0.25, 0.3) is 0 Å². The number of furan rings is 1. The first-order valence-corrected chi connectivity index (χ1v) is 4.83. The Hall–Kier alpha value is -1.31. The van der Waals surface area contributed by atoms with Crippen molar-refractivity contribution in [2.45, 2.75) is 6.04 Å². The Balaban J connectivity index is 2.68. The van der Waals surface area contributed by atoms with Crippen LogP contribution in [0.2, 0.25) is 0 Å². The molecule has 70 valence electrons. The molecule has 1 aromatic heterocycles. The van der Waals surface area contributed by atoms with Gasteiger partial charge in [0.15, 0.2) is 0 Å². The van der Waals surface area contributed by atoms with Gasteiger partial charge in [-0.2, -0.15) is 5.26 Å². The monoisotopic (exact) mass is 250 g/mol. The van der Waals surface area contributed by atoms with Crippen LogP contribution in [0.1, 0.15) is 11.6 Å². The van der Waals surface area contributed by atoms with E-state index in [9.17, 15) is 0 Å². The van der Waals surface area contributed by atoms with E-state index in [0.717, 1.165) is 21.0 Å². The van der Waals surface area contributed by atoms with Gasteiger partial charge in [-0.1, -0.05) is 15.9 Å². The van der Waals surface area contributed by atoms with Crippen LogP contribution >= 0.6 is 15.9 Å². The first-order chi connectivity index (χ1) is 6.72. The van der Waals surface area contributed by atoms with E-state index < -0.39 is 6.04 Å². The van der Waals surface area contributed by atoms with Crippen molar-refractivity contribution < 1.29 is 4.42 Å². The Labute approximate surface area is 89.2 Å². The molecule has 1 unspecified atom stereocenters. The lowest BCUT2D eigenvalue weighted by Gasteiger charge is -1.98. The third kappa shape index (κ3) is 1.41. The van der Waals surface area contributed by atoms with Crippen LogP contribution < -0.4 is 5.73 Å². The zero-order valence-corrected chi connectivity index (χ0v) is 8.78. The molecular formula is C10H7BrN2O. The van der Waals surface area contributed by atoms with Gasteiger partial charge in [-0.05, 0) is 18.2 Å². The summed E-state index contributed by atoms with van der Waals surface area (Å²) in [6.07, 6.45) is 1.53. The van der Waals surface area contributed by atoms with E-state index in [1.54, 1.807) is 0 Å². The Morgan fingerprint density at radius 1 is 1.50 bits per heavy atom. The summed E-state index contributed by atoms with van der Waals surface area (Å²) in [6, 6.07) is 6.96. The summed E-state index contributed by atoms with van der Waals surface area (Å²) in [7, 11) is 0. The van der Waals surface area contributed by atoms with Crippen LogP contribution in [-0.4, -0.2) is 0 Å². The topological polar surface area (TPSA) is 63.0 Å². The van der Waals surface area contributed by atoms with Crippen LogP contribution in [0, 0.1) is 11.3 Å². The van der Waals surface area contributed by atoms with Gasteiger partial charge in [-0.25, -0.2) is 0 Å². The number of hydrogen-bond acceptors (Lipinski definition) is 3. The number of nitriles is 1. The van der Waals surface area contributed by atoms with E-state index in [1.165, 1.54) is 6.26 Å². The average Bonchev–Trinajstić information content (AvgIpc) is 2.59. The molecule has 2 rings (SSSR count). The third-order valence-corrected chi connectivity index (χ3v) is 2.53. The molecule has 0 saturated carbocycles. The second-order valence-corrected chi connectivity index (χ2v) is 3.85.